The van der Waals surface area contributed by atoms with Crippen LogP contribution in [0, 0.1) is 3.57 Å². The van der Waals surface area contributed by atoms with Crippen molar-refractivity contribution < 1.29 is 5.11 Å². The molecule has 0 aliphatic heterocycles. The summed E-state index contributed by atoms with van der Waals surface area (Å²) < 4.78 is 1.23. The van der Waals surface area contributed by atoms with Crippen LogP contribution < -0.4 is 0 Å². The molecule has 1 atom stereocenters. The molecule has 0 fully saturated rings. The smallest absolute Gasteiger partial charge is 0.0552 e. The molecule has 2 heteroatoms. The average molecular weight is 262 g/mol. The molecule has 0 bridgehead atoms. The van der Waals surface area contributed by atoms with E-state index in [0.29, 0.717) is 0 Å². The van der Waals surface area contributed by atoms with E-state index in [9.17, 15) is 0 Å². The third kappa shape index (κ3) is 3.20. The molecule has 0 spiro atoms. The maximum absolute atomic E-state index is 9.07. The second-order valence-corrected chi connectivity index (χ2v) is 3.93. The van der Waals surface area contributed by atoms with Crippen molar-refractivity contribution in [2.45, 2.75) is 19.4 Å². The first-order valence-corrected chi connectivity index (χ1v) is 4.69. The second-order valence-electron chi connectivity index (χ2n) is 2.68. The number of aliphatic hydroxyl groups is 1. The standard InChI is InChI=1S/C9H11IO/c1-7(11)6-8-2-4-9(10)5-3-8/h2-5,7,11H,6H2,1H3. The third-order valence-corrected chi connectivity index (χ3v) is 2.16. The molecule has 1 aromatic rings. The Bertz CT molecular complexity index is 216. The maximum Gasteiger partial charge on any atom is 0.0552 e. The van der Waals surface area contributed by atoms with Crippen molar-refractivity contribution in [3.8, 4) is 0 Å². The minimum atomic E-state index is -0.241. The van der Waals surface area contributed by atoms with Gasteiger partial charge in [-0.05, 0) is 53.6 Å². The summed E-state index contributed by atoms with van der Waals surface area (Å²) in [5, 5.41) is 9.07. The van der Waals surface area contributed by atoms with Crippen molar-refractivity contribution in [3.63, 3.8) is 0 Å². The zero-order chi connectivity index (χ0) is 8.27. The Morgan fingerprint density at radius 3 is 2.36 bits per heavy atom. The highest BCUT2D eigenvalue weighted by Gasteiger charge is 1.97. The van der Waals surface area contributed by atoms with E-state index >= 15 is 0 Å². The molecule has 0 heterocycles. The Morgan fingerprint density at radius 2 is 1.91 bits per heavy atom. The van der Waals surface area contributed by atoms with Crippen LogP contribution in [-0.4, -0.2) is 11.2 Å². The minimum Gasteiger partial charge on any atom is -0.393 e. The fourth-order valence-corrected chi connectivity index (χ4v) is 1.32. The maximum atomic E-state index is 9.07. The quantitative estimate of drug-likeness (QED) is 0.810. The summed E-state index contributed by atoms with van der Waals surface area (Å²) in [6.45, 7) is 1.80. The number of hydrogen-bond acceptors (Lipinski definition) is 1. The Labute approximate surface area is 80.6 Å². The fourth-order valence-electron chi connectivity index (χ4n) is 0.962. The molecule has 0 saturated heterocycles. The van der Waals surface area contributed by atoms with E-state index in [4.69, 9.17) is 5.11 Å². The lowest BCUT2D eigenvalue weighted by Gasteiger charge is -2.03. The number of halogens is 1. The van der Waals surface area contributed by atoms with E-state index in [2.05, 4.69) is 46.9 Å². The van der Waals surface area contributed by atoms with Gasteiger partial charge in [-0.2, -0.15) is 0 Å². The highest BCUT2D eigenvalue weighted by molar-refractivity contribution is 14.1. The summed E-state index contributed by atoms with van der Waals surface area (Å²) in [4.78, 5) is 0. The molecule has 0 radical (unpaired) electrons. The monoisotopic (exact) mass is 262 g/mol. The van der Waals surface area contributed by atoms with Crippen LogP contribution in [-0.2, 0) is 6.42 Å². The molecular formula is C9H11IO. The van der Waals surface area contributed by atoms with Crippen molar-refractivity contribution >= 4 is 22.6 Å². The molecule has 0 saturated carbocycles. The van der Waals surface area contributed by atoms with Crippen LogP contribution in [0.4, 0.5) is 0 Å². The Kier molecular flexibility index (Phi) is 3.33. The molecule has 0 amide bonds. The van der Waals surface area contributed by atoms with Crippen LogP contribution in [0.25, 0.3) is 0 Å². The van der Waals surface area contributed by atoms with Gasteiger partial charge in [0, 0.05) is 3.57 Å². The van der Waals surface area contributed by atoms with E-state index in [1.165, 1.54) is 9.13 Å². The van der Waals surface area contributed by atoms with Crippen molar-refractivity contribution in [3.05, 3.63) is 33.4 Å². The molecular weight excluding hydrogens is 251 g/mol. The van der Waals surface area contributed by atoms with Crippen LogP contribution in [0.2, 0.25) is 0 Å². The number of benzene rings is 1. The lowest BCUT2D eigenvalue weighted by atomic mass is 10.1. The largest absolute Gasteiger partial charge is 0.393 e. The predicted octanol–water partition coefficient (Wildman–Crippen LogP) is 2.21. The van der Waals surface area contributed by atoms with Gasteiger partial charge in [0.05, 0.1) is 6.10 Å². The summed E-state index contributed by atoms with van der Waals surface area (Å²) in [5.74, 6) is 0. The van der Waals surface area contributed by atoms with Crippen molar-refractivity contribution in [1.82, 2.24) is 0 Å². The van der Waals surface area contributed by atoms with Gasteiger partial charge in [0.25, 0.3) is 0 Å². The van der Waals surface area contributed by atoms with Crippen LogP contribution >= 0.6 is 22.6 Å². The first kappa shape index (κ1) is 9.00. The fraction of sp³-hybridized carbons (Fsp3) is 0.333. The van der Waals surface area contributed by atoms with E-state index in [-0.39, 0.29) is 6.10 Å². The van der Waals surface area contributed by atoms with Crippen molar-refractivity contribution in [2.24, 2.45) is 0 Å². The third-order valence-electron chi connectivity index (χ3n) is 1.44. The molecule has 0 aliphatic carbocycles. The van der Waals surface area contributed by atoms with Gasteiger partial charge in [-0.15, -0.1) is 0 Å². The normalized spacial score (nSPS) is 13.0. The molecule has 11 heavy (non-hydrogen) atoms. The van der Waals surface area contributed by atoms with Gasteiger partial charge < -0.3 is 5.11 Å². The second kappa shape index (κ2) is 4.07. The van der Waals surface area contributed by atoms with Crippen LogP contribution in [0.1, 0.15) is 12.5 Å². The molecule has 0 aromatic heterocycles. The Hall–Kier alpha value is -0.0900. The van der Waals surface area contributed by atoms with Gasteiger partial charge >= 0.3 is 0 Å². The summed E-state index contributed by atoms with van der Waals surface area (Å²) in [6.07, 6.45) is 0.506. The summed E-state index contributed by atoms with van der Waals surface area (Å²) >= 11 is 2.27. The molecule has 1 nitrogen and oxygen atoms in total. The summed E-state index contributed by atoms with van der Waals surface area (Å²) in [7, 11) is 0. The molecule has 1 aromatic carbocycles. The predicted molar refractivity (Wildman–Crippen MR) is 54.5 cm³/mol. The van der Waals surface area contributed by atoms with E-state index < -0.39 is 0 Å². The van der Waals surface area contributed by atoms with Crippen LogP contribution in [0.15, 0.2) is 24.3 Å². The first-order valence-electron chi connectivity index (χ1n) is 3.61. The molecule has 1 unspecified atom stereocenters. The lowest BCUT2D eigenvalue weighted by Crippen LogP contribution is -2.03. The van der Waals surface area contributed by atoms with E-state index in [1.54, 1.807) is 6.92 Å². The summed E-state index contributed by atoms with van der Waals surface area (Å²) in [6, 6.07) is 8.21. The van der Waals surface area contributed by atoms with E-state index in [1.807, 2.05) is 0 Å². The minimum absolute atomic E-state index is 0.241. The van der Waals surface area contributed by atoms with E-state index in [0.717, 1.165) is 6.42 Å². The molecule has 1 rings (SSSR count). The van der Waals surface area contributed by atoms with Gasteiger partial charge in [-0.1, -0.05) is 12.1 Å². The van der Waals surface area contributed by atoms with Gasteiger partial charge in [-0.25, -0.2) is 0 Å². The zero-order valence-electron chi connectivity index (χ0n) is 6.42. The molecule has 1 N–H and O–H groups in total. The number of hydrogen-bond donors (Lipinski definition) is 1. The summed E-state index contributed by atoms with van der Waals surface area (Å²) in [5.41, 5.74) is 1.19. The van der Waals surface area contributed by atoms with Crippen molar-refractivity contribution in [2.75, 3.05) is 0 Å². The van der Waals surface area contributed by atoms with Crippen molar-refractivity contribution in [1.29, 1.82) is 0 Å². The molecule has 60 valence electrons. The highest BCUT2D eigenvalue weighted by Crippen LogP contribution is 2.08. The average Bonchev–Trinajstić information content (AvgIpc) is 1.93. The SMILES string of the molecule is CC(O)Cc1ccc(I)cc1. The topological polar surface area (TPSA) is 20.2 Å². The van der Waals surface area contributed by atoms with Crippen LogP contribution in [0.5, 0.6) is 0 Å². The van der Waals surface area contributed by atoms with Gasteiger partial charge in [0.2, 0.25) is 0 Å². The Morgan fingerprint density at radius 1 is 1.36 bits per heavy atom. The lowest BCUT2D eigenvalue weighted by molar-refractivity contribution is 0.195. The van der Waals surface area contributed by atoms with Gasteiger partial charge in [-0.3, -0.25) is 0 Å². The first-order chi connectivity index (χ1) is 5.18. The van der Waals surface area contributed by atoms with Crippen LogP contribution in [0.3, 0.4) is 0 Å². The van der Waals surface area contributed by atoms with Gasteiger partial charge in [0.15, 0.2) is 0 Å². The highest BCUT2D eigenvalue weighted by atomic mass is 127. The Balaban J connectivity index is 2.66. The van der Waals surface area contributed by atoms with Gasteiger partial charge in [0.1, 0.15) is 0 Å². The number of rotatable bonds is 2. The molecule has 0 aliphatic rings. The zero-order valence-corrected chi connectivity index (χ0v) is 8.58. The number of aliphatic hydroxyl groups excluding tert-OH is 1.